The third kappa shape index (κ3) is 10.1. The van der Waals surface area contributed by atoms with Gasteiger partial charge in [0, 0.05) is 0 Å². The number of carbonyl (C=O) groups excluding carboxylic acids is 4. The fraction of sp³-hybridized carbons (Fsp3) is 0.706. The van der Waals surface area contributed by atoms with E-state index in [0.717, 1.165) is 0 Å². The second-order valence-electron chi connectivity index (χ2n) is 6.92. The van der Waals surface area contributed by atoms with Gasteiger partial charge >= 0.3 is 5.97 Å². The van der Waals surface area contributed by atoms with Crippen molar-refractivity contribution in [3.8, 4) is 0 Å². The Morgan fingerprint density at radius 3 is 2.00 bits per heavy atom. The molecule has 0 aliphatic heterocycles. The molecule has 0 saturated carbocycles. The first-order valence-electron chi connectivity index (χ1n) is 9.07. The van der Waals surface area contributed by atoms with Crippen LogP contribution < -0.4 is 27.4 Å². The largest absolute Gasteiger partial charge is 0.480 e. The number of carboxylic acids is 1. The van der Waals surface area contributed by atoms with Gasteiger partial charge in [-0.25, -0.2) is 0 Å². The Kier molecular flexibility index (Phi) is 11.9. The number of aliphatic carboxylic acids is 1. The van der Waals surface area contributed by atoms with Gasteiger partial charge in [-0.3, -0.25) is 24.0 Å². The van der Waals surface area contributed by atoms with Gasteiger partial charge in [0.2, 0.25) is 23.6 Å². The molecule has 11 nitrogen and oxygen atoms in total. The van der Waals surface area contributed by atoms with Crippen molar-refractivity contribution in [3.05, 3.63) is 0 Å². The Hall–Kier alpha value is -2.34. The molecule has 0 aliphatic rings. The summed E-state index contributed by atoms with van der Waals surface area (Å²) >= 11 is 1.51. The second-order valence-corrected chi connectivity index (χ2v) is 7.90. The minimum atomic E-state index is -1.31. The van der Waals surface area contributed by atoms with Gasteiger partial charge in [-0.05, 0) is 31.3 Å². The Bertz CT molecular complexity index is 615. The molecular formula is C17H31N5O6S. The van der Waals surface area contributed by atoms with E-state index in [1.54, 1.807) is 13.8 Å². The molecule has 29 heavy (non-hydrogen) atoms. The smallest absolute Gasteiger partial charge is 0.325 e. The van der Waals surface area contributed by atoms with Crippen molar-refractivity contribution in [1.82, 2.24) is 16.0 Å². The van der Waals surface area contributed by atoms with Crippen LogP contribution in [0.2, 0.25) is 0 Å². The summed E-state index contributed by atoms with van der Waals surface area (Å²) in [6.07, 6.45) is 1.75. The average Bonchev–Trinajstić information content (AvgIpc) is 2.62. The number of carbonyl (C=O) groups is 5. The summed E-state index contributed by atoms with van der Waals surface area (Å²) in [4.78, 5) is 59.4. The summed E-state index contributed by atoms with van der Waals surface area (Å²) in [5, 5.41) is 16.0. The van der Waals surface area contributed by atoms with Crippen molar-refractivity contribution < 1.29 is 29.1 Å². The molecule has 0 aromatic rings. The Morgan fingerprint density at radius 2 is 1.55 bits per heavy atom. The van der Waals surface area contributed by atoms with Crippen LogP contribution in [0.15, 0.2) is 0 Å². The van der Waals surface area contributed by atoms with E-state index in [-0.39, 0.29) is 0 Å². The van der Waals surface area contributed by atoms with E-state index in [9.17, 15) is 24.0 Å². The summed E-state index contributed by atoms with van der Waals surface area (Å²) in [6, 6.07) is -4.42. The number of nitrogens with one attached hydrogen (secondary N) is 3. The molecule has 12 heteroatoms. The van der Waals surface area contributed by atoms with Crippen LogP contribution in [0.3, 0.4) is 0 Å². The van der Waals surface area contributed by atoms with Crippen molar-refractivity contribution in [2.75, 3.05) is 12.0 Å². The van der Waals surface area contributed by atoms with Gasteiger partial charge in [-0.15, -0.1) is 0 Å². The molecule has 0 saturated heterocycles. The monoisotopic (exact) mass is 433 g/mol. The lowest BCUT2D eigenvalue weighted by atomic mass is 10.0. The molecule has 4 atom stereocenters. The molecule has 0 spiro atoms. The van der Waals surface area contributed by atoms with Gasteiger partial charge in [0.05, 0.1) is 12.5 Å². The minimum Gasteiger partial charge on any atom is -0.480 e. The Balaban J connectivity index is 5.24. The standard InChI is InChI=1S/C17H31N5O6S/c1-8(2)13(16(26)20-9(3)17(27)28)22-15(25)11(7-12(19)23)21-14(24)10(18)5-6-29-4/h8-11,13H,5-7,18H2,1-4H3,(H2,19,23)(H,20,26)(H,21,24)(H,22,25)(H,27,28). The number of hydrogen-bond acceptors (Lipinski definition) is 7. The van der Waals surface area contributed by atoms with Crippen LogP contribution in [-0.4, -0.2) is 70.9 Å². The molecule has 0 aliphatic carbocycles. The summed E-state index contributed by atoms with van der Waals surface area (Å²) in [7, 11) is 0. The first-order chi connectivity index (χ1) is 13.4. The maximum absolute atomic E-state index is 12.6. The van der Waals surface area contributed by atoms with E-state index in [1.165, 1.54) is 18.7 Å². The fourth-order valence-corrected chi connectivity index (χ4v) is 2.71. The van der Waals surface area contributed by atoms with Crippen LogP contribution in [0, 0.1) is 5.92 Å². The highest BCUT2D eigenvalue weighted by atomic mass is 32.2. The predicted octanol–water partition coefficient (Wildman–Crippen LogP) is -1.84. The highest BCUT2D eigenvalue weighted by Gasteiger charge is 2.31. The number of carboxylic acid groups (broad SMARTS) is 1. The van der Waals surface area contributed by atoms with Crippen molar-refractivity contribution >= 4 is 41.4 Å². The third-order valence-electron chi connectivity index (χ3n) is 3.98. The molecule has 0 aromatic heterocycles. The highest BCUT2D eigenvalue weighted by molar-refractivity contribution is 7.98. The van der Waals surface area contributed by atoms with Crippen molar-refractivity contribution in [2.45, 2.75) is 57.8 Å². The van der Waals surface area contributed by atoms with Gasteiger partial charge in [0.1, 0.15) is 18.1 Å². The number of hydrogen-bond donors (Lipinski definition) is 6. The van der Waals surface area contributed by atoms with Gasteiger partial charge in [-0.1, -0.05) is 13.8 Å². The third-order valence-corrected chi connectivity index (χ3v) is 4.63. The molecule has 0 aromatic carbocycles. The van der Waals surface area contributed by atoms with E-state index >= 15 is 0 Å². The lowest BCUT2D eigenvalue weighted by Crippen LogP contribution is -2.58. The maximum atomic E-state index is 12.6. The lowest BCUT2D eigenvalue weighted by Gasteiger charge is -2.26. The normalized spacial score (nSPS) is 15.0. The molecule has 0 bridgehead atoms. The van der Waals surface area contributed by atoms with Crippen molar-refractivity contribution in [2.24, 2.45) is 17.4 Å². The first kappa shape index (κ1) is 26.7. The molecule has 0 radical (unpaired) electrons. The van der Waals surface area contributed by atoms with Gasteiger partial charge in [-0.2, -0.15) is 11.8 Å². The number of primary amides is 1. The molecular weight excluding hydrogens is 402 g/mol. The summed E-state index contributed by atoms with van der Waals surface area (Å²) < 4.78 is 0. The van der Waals surface area contributed by atoms with Crippen molar-refractivity contribution in [3.63, 3.8) is 0 Å². The van der Waals surface area contributed by atoms with Gasteiger partial charge in [0.15, 0.2) is 0 Å². The van der Waals surface area contributed by atoms with E-state index in [1.807, 2.05) is 6.26 Å². The molecule has 0 fully saturated rings. The quantitative estimate of drug-likeness (QED) is 0.195. The second kappa shape index (κ2) is 13.0. The number of amides is 4. The Labute approximate surface area is 174 Å². The zero-order chi connectivity index (χ0) is 22.7. The number of thioether (sulfide) groups is 1. The maximum Gasteiger partial charge on any atom is 0.325 e. The number of rotatable bonds is 13. The fourth-order valence-electron chi connectivity index (χ4n) is 2.22. The van der Waals surface area contributed by atoms with Crippen LogP contribution in [0.4, 0.5) is 0 Å². The zero-order valence-corrected chi connectivity index (χ0v) is 17.9. The van der Waals surface area contributed by atoms with E-state index in [0.29, 0.717) is 12.2 Å². The molecule has 0 rings (SSSR count). The minimum absolute atomic E-state index is 0.377. The van der Waals surface area contributed by atoms with Crippen molar-refractivity contribution in [1.29, 1.82) is 0 Å². The van der Waals surface area contributed by atoms with E-state index in [4.69, 9.17) is 16.6 Å². The summed E-state index contributed by atoms with van der Waals surface area (Å²) in [5.41, 5.74) is 10.9. The van der Waals surface area contributed by atoms with E-state index in [2.05, 4.69) is 16.0 Å². The van der Waals surface area contributed by atoms with Gasteiger partial charge in [0.25, 0.3) is 0 Å². The molecule has 8 N–H and O–H groups in total. The Morgan fingerprint density at radius 1 is 0.966 bits per heavy atom. The van der Waals surface area contributed by atoms with Crippen LogP contribution in [-0.2, 0) is 24.0 Å². The first-order valence-corrected chi connectivity index (χ1v) is 10.5. The molecule has 4 unspecified atom stereocenters. The summed E-state index contributed by atoms with van der Waals surface area (Å²) in [5.74, 6) is -3.94. The molecule has 166 valence electrons. The zero-order valence-electron chi connectivity index (χ0n) is 17.1. The SMILES string of the molecule is CSCCC(N)C(=O)NC(CC(N)=O)C(=O)NC(C(=O)NC(C)C(=O)O)C(C)C. The van der Waals surface area contributed by atoms with Gasteiger partial charge < -0.3 is 32.5 Å². The topological polar surface area (TPSA) is 194 Å². The van der Waals surface area contributed by atoms with Crippen LogP contribution in [0.1, 0.15) is 33.6 Å². The highest BCUT2D eigenvalue weighted by Crippen LogP contribution is 2.05. The number of nitrogens with two attached hydrogens (primary N) is 2. The molecule has 4 amide bonds. The molecule has 0 heterocycles. The van der Waals surface area contributed by atoms with Crippen LogP contribution >= 0.6 is 11.8 Å². The summed E-state index contributed by atoms with van der Waals surface area (Å²) in [6.45, 7) is 4.58. The average molecular weight is 434 g/mol. The predicted molar refractivity (Wildman–Crippen MR) is 109 cm³/mol. The van der Waals surface area contributed by atoms with Crippen LogP contribution in [0.25, 0.3) is 0 Å². The van der Waals surface area contributed by atoms with Crippen LogP contribution in [0.5, 0.6) is 0 Å². The van der Waals surface area contributed by atoms with E-state index < -0.39 is 66.1 Å². The lowest BCUT2D eigenvalue weighted by molar-refractivity contribution is -0.142.